The Balaban J connectivity index is 4.00. The van der Waals surface area contributed by atoms with Gasteiger partial charge in [0.2, 0.25) is 0 Å². The molecule has 2 nitrogen and oxygen atoms in total. The first kappa shape index (κ1) is 12.9. The third-order valence-electron chi connectivity index (χ3n) is 2.66. The number of nitrogens with two attached hydrogens (primary N) is 1. The Morgan fingerprint density at radius 3 is 2.15 bits per heavy atom. The van der Waals surface area contributed by atoms with Crippen LogP contribution in [0.25, 0.3) is 0 Å². The summed E-state index contributed by atoms with van der Waals surface area (Å²) < 4.78 is 0. The molecule has 0 fully saturated rings. The third-order valence-corrected chi connectivity index (χ3v) is 2.66. The van der Waals surface area contributed by atoms with E-state index in [0.717, 1.165) is 13.1 Å². The molecule has 1 atom stereocenters. The Morgan fingerprint density at radius 1 is 1.23 bits per heavy atom. The van der Waals surface area contributed by atoms with Gasteiger partial charge in [-0.2, -0.15) is 0 Å². The zero-order valence-corrected chi connectivity index (χ0v) is 9.71. The van der Waals surface area contributed by atoms with Crippen molar-refractivity contribution in [1.82, 2.24) is 4.90 Å². The molecule has 0 saturated carbocycles. The van der Waals surface area contributed by atoms with Crippen LogP contribution in [0.1, 0.15) is 47.0 Å². The molecule has 0 amide bonds. The Kier molecular flexibility index (Phi) is 7.29. The summed E-state index contributed by atoms with van der Waals surface area (Å²) >= 11 is 0. The number of unbranched alkanes of at least 4 members (excludes halogenated alkanes) is 1. The van der Waals surface area contributed by atoms with Gasteiger partial charge in [0.15, 0.2) is 0 Å². The molecule has 0 bridgehead atoms. The molecule has 0 saturated heterocycles. The number of rotatable bonds is 7. The van der Waals surface area contributed by atoms with E-state index in [1.807, 2.05) is 0 Å². The topological polar surface area (TPSA) is 29.3 Å². The van der Waals surface area contributed by atoms with Gasteiger partial charge in [-0.1, -0.05) is 26.7 Å². The van der Waals surface area contributed by atoms with Crippen LogP contribution in [-0.4, -0.2) is 30.1 Å². The SMILES string of the molecule is CCCCC(CN)N(CC)C(C)C. The molecule has 0 aliphatic carbocycles. The maximum absolute atomic E-state index is 5.79. The van der Waals surface area contributed by atoms with E-state index < -0.39 is 0 Å². The van der Waals surface area contributed by atoms with E-state index in [-0.39, 0.29) is 0 Å². The van der Waals surface area contributed by atoms with Crippen LogP contribution in [0.4, 0.5) is 0 Å². The molecule has 0 radical (unpaired) electrons. The minimum atomic E-state index is 0.588. The highest BCUT2D eigenvalue weighted by atomic mass is 15.2. The van der Waals surface area contributed by atoms with Crippen molar-refractivity contribution in [1.29, 1.82) is 0 Å². The zero-order chi connectivity index (χ0) is 10.3. The summed E-state index contributed by atoms with van der Waals surface area (Å²) in [6.07, 6.45) is 3.82. The normalized spacial score (nSPS) is 14.1. The minimum Gasteiger partial charge on any atom is -0.329 e. The fourth-order valence-electron chi connectivity index (χ4n) is 1.90. The second-order valence-electron chi connectivity index (χ2n) is 3.96. The number of nitrogens with zero attached hydrogens (tertiary/aromatic N) is 1. The number of hydrogen-bond donors (Lipinski definition) is 1. The summed E-state index contributed by atoms with van der Waals surface area (Å²) in [6, 6.07) is 1.21. The van der Waals surface area contributed by atoms with Gasteiger partial charge in [0.05, 0.1) is 0 Å². The van der Waals surface area contributed by atoms with Crippen LogP contribution in [0.2, 0.25) is 0 Å². The lowest BCUT2D eigenvalue weighted by atomic mass is 10.1. The highest BCUT2D eigenvalue weighted by molar-refractivity contribution is 4.74. The van der Waals surface area contributed by atoms with Gasteiger partial charge in [0.25, 0.3) is 0 Å². The van der Waals surface area contributed by atoms with E-state index in [1.165, 1.54) is 19.3 Å². The van der Waals surface area contributed by atoms with Crippen LogP contribution in [0.15, 0.2) is 0 Å². The molecule has 0 heterocycles. The van der Waals surface area contributed by atoms with Crippen molar-refractivity contribution < 1.29 is 0 Å². The second kappa shape index (κ2) is 7.34. The second-order valence-corrected chi connectivity index (χ2v) is 3.96. The van der Waals surface area contributed by atoms with Crippen LogP contribution >= 0.6 is 0 Å². The monoisotopic (exact) mass is 186 g/mol. The molecule has 0 spiro atoms. The van der Waals surface area contributed by atoms with Gasteiger partial charge >= 0.3 is 0 Å². The molecule has 1 unspecified atom stereocenters. The largest absolute Gasteiger partial charge is 0.329 e. The predicted molar refractivity (Wildman–Crippen MR) is 59.9 cm³/mol. The Labute approximate surface area is 83.5 Å². The molecule has 0 rings (SSSR count). The highest BCUT2D eigenvalue weighted by Gasteiger charge is 2.17. The third kappa shape index (κ3) is 4.63. The van der Waals surface area contributed by atoms with Crippen molar-refractivity contribution in [2.75, 3.05) is 13.1 Å². The van der Waals surface area contributed by atoms with E-state index in [2.05, 4.69) is 32.6 Å². The Morgan fingerprint density at radius 2 is 1.85 bits per heavy atom. The summed E-state index contributed by atoms with van der Waals surface area (Å²) in [6.45, 7) is 10.9. The lowest BCUT2D eigenvalue weighted by Gasteiger charge is -2.33. The van der Waals surface area contributed by atoms with Crippen molar-refractivity contribution in [3.05, 3.63) is 0 Å². The average molecular weight is 186 g/mol. The molecular formula is C11H26N2. The summed E-state index contributed by atoms with van der Waals surface area (Å²) in [5.41, 5.74) is 5.79. The molecular weight excluding hydrogens is 160 g/mol. The first-order valence-corrected chi connectivity index (χ1v) is 5.63. The van der Waals surface area contributed by atoms with Crippen LogP contribution in [0, 0.1) is 0 Å². The van der Waals surface area contributed by atoms with Crippen LogP contribution in [0.5, 0.6) is 0 Å². The van der Waals surface area contributed by atoms with Crippen molar-refractivity contribution in [3.63, 3.8) is 0 Å². The van der Waals surface area contributed by atoms with E-state index in [4.69, 9.17) is 5.73 Å². The van der Waals surface area contributed by atoms with Gasteiger partial charge in [0, 0.05) is 18.6 Å². The molecule has 13 heavy (non-hydrogen) atoms. The zero-order valence-electron chi connectivity index (χ0n) is 9.71. The maximum atomic E-state index is 5.79. The van der Waals surface area contributed by atoms with Gasteiger partial charge in [-0.25, -0.2) is 0 Å². The smallest absolute Gasteiger partial charge is 0.0220 e. The Bertz CT molecular complexity index is 113. The van der Waals surface area contributed by atoms with Crippen LogP contribution in [0.3, 0.4) is 0 Å². The molecule has 0 aliphatic rings. The lowest BCUT2D eigenvalue weighted by Crippen LogP contribution is -2.44. The molecule has 0 aromatic rings. The predicted octanol–water partition coefficient (Wildman–Crippen LogP) is 2.23. The van der Waals surface area contributed by atoms with Crippen molar-refractivity contribution >= 4 is 0 Å². The summed E-state index contributed by atoms with van der Waals surface area (Å²) in [5, 5.41) is 0. The van der Waals surface area contributed by atoms with E-state index >= 15 is 0 Å². The van der Waals surface area contributed by atoms with E-state index in [9.17, 15) is 0 Å². The Hall–Kier alpha value is -0.0800. The van der Waals surface area contributed by atoms with Gasteiger partial charge in [-0.15, -0.1) is 0 Å². The molecule has 80 valence electrons. The standard InChI is InChI=1S/C11H26N2/c1-5-7-8-11(9-12)13(6-2)10(3)4/h10-11H,5-9,12H2,1-4H3. The molecule has 0 aromatic heterocycles. The average Bonchev–Trinajstić information content (AvgIpc) is 2.11. The summed E-state index contributed by atoms with van der Waals surface area (Å²) in [5.74, 6) is 0. The van der Waals surface area contributed by atoms with Crippen LogP contribution in [-0.2, 0) is 0 Å². The van der Waals surface area contributed by atoms with Gasteiger partial charge in [-0.3, -0.25) is 4.90 Å². The molecule has 0 aromatic carbocycles. The van der Waals surface area contributed by atoms with Crippen molar-refractivity contribution in [2.45, 2.75) is 59.0 Å². The van der Waals surface area contributed by atoms with Gasteiger partial charge in [-0.05, 0) is 26.8 Å². The first-order valence-electron chi connectivity index (χ1n) is 5.63. The summed E-state index contributed by atoms with van der Waals surface area (Å²) in [4.78, 5) is 2.50. The quantitative estimate of drug-likeness (QED) is 0.660. The van der Waals surface area contributed by atoms with E-state index in [1.54, 1.807) is 0 Å². The molecule has 2 N–H and O–H groups in total. The maximum Gasteiger partial charge on any atom is 0.0220 e. The first-order chi connectivity index (χ1) is 6.17. The molecule has 2 heteroatoms. The van der Waals surface area contributed by atoms with Crippen molar-refractivity contribution in [3.8, 4) is 0 Å². The van der Waals surface area contributed by atoms with E-state index in [0.29, 0.717) is 12.1 Å². The minimum absolute atomic E-state index is 0.588. The van der Waals surface area contributed by atoms with Crippen LogP contribution < -0.4 is 5.73 Å². The number of likely N-dealkylation sites (N-methyl/N-ethyl adjacent to an activating group) is 1. The lowest BCUT2D eigenvalue weighted by molar-refractivity contribution is 0.156. The van der Waals surface area contributed by atoms with Gasteiger partial charge in [0.1, 0.15) is 0 Å². The fraction of sp³-hybridized carbons (Fsp3) is 1.00. The van der Waals surface area contributed by atoms with Gasteiger partial charge < -0.3 is 5.73 Å². The highest BCUT2D eigenvalue weighted by Crippen LogP contribution is 2.10. The molecule has 0 aliphatic heterocycles. The number of hydrogen-bond acceptors (Lipinski definition) is 2. The fourth-order valence-corrected chi connectivity index (χ4v) is 1.90. The summed E-state index contributed by atoms with van der Waals surface area (Å²) in [7, 11) is 0. The van der Waals surface area contributed by atoms with Crippen molar-refractivity contribution in [2.24, 2.45) is 5.73 Å².